The second-order valence-electron chi connectivity index (χ2n) is 4.37. The number of hydrogen-bond donors (Lipinski definition) is 1. The second-order valence-corrected chi connectivity index (χ2v) is 5.85. The van der Waals surface area contributed by atoms with Gasteiger partial charge in [-0.3, -0.25) is 4.21 Å². The Morgan fingerprint density at radius 2 is 2.40 bits per heavy atom. The number of ether oxygens (including phenoxy) is 1. The quantitative estimate of drug-likeness (QED) is 0.674. The van der Waals surface area contributed by atoms with E-state index in [1.54, 1.807) is 6.26 Å². The van der Waals surface area contributed by atoms with Gasteiger partial charge in [0.05, 0.1) is 6.10 Å². The Hall–Kier alpha value is 0.0700. The van der Waals surface area contributed by atoms with Gasteiger partial charge in [-0.15, -0.1) is 0 Å². The second kappa shape index (κ2) is 7.36. The van der Waals surface area contributed by atoms with Crippen LogP contribution in [0.1, 0.15) is 32.6 Å². The van der Waals surface area contributed by atoms with Gasteiger partial charge in [0, 0.05) is 35.5 Å². The highest BCUT2D eigenvalue weighted by molar-refractivity contribution is 7.84. The summed E-state index contributed by atoms with van der Waals surface area (Å²) in [4.78, 5) is 0. The minimum atomic E-state index is -0.690. The van der Waals surface area contributed by atoms with Gasteiger partial charge in [0.2, 0.25) is 0 Å². The smallest absolute Gasteiger partial charge is 0.0576 e. The molecule has 3 nitrogen and oxygen atoms in total. The van der Waals surface area contributed by atoms with Crippen molar-refractivity contribution in [1.29, 1.82) is 0 Å². The highest BCUT2D eigenvalue weighted by atomic mass is 32.2. The zero-order chi connectivity index (χ0) is 11.1. The summed E-state index contributed by atoms with van der Waals surface area (Å²) in [5.41, 5.74) is 0. The summed E-state index contributed by atoms with van der Waals surface area (Å²) < 4.78 is 16.5. The topological polar surface area (TPSA) is 38.3 Å². The molecule has 0 aromatic rings. The lowest BCUT2D eigenvalue weighted by molar-refractivity contribution is 0.102. The minimum Gasteiger partial charge on any atom is -0.378 e. The SMILES string of the molecule is CC(CS(C)=O)NCCCC1CCCO1. The Morgan fingerprint density at radius 3 is 3.00 bits per heavy atom. The first-order valence-electron chi connectivity index (χ1n) is 5.83. The lowest BCUT2D eigenvalue weighted by Gasteiger charge is -2.13. The van der Waals surface area contributed by atoms with E-state index in [9.17, 15) is 4.21 Å². The molecule has 0 radical (unpaired) electrons. The van der Waals surface area contributed by atoms with E-state index in [-0.39, 0.29) is 0 Å². The Labute approximate surface area is 95.4 Å². The Balaban J connectivity index is 1.93. The third-order valence-electron chi connectivity index (χ3n) is 2.70. The molecule has 3 unspecified atom stereocenters. The van der Waals surface area contributed by atoms with Crippen LogP contribution < -0.4 is 5.32 Å². The summed E-state index contributed by atoms with van der Waals surface area (Å²) >= 11 is 0. The first-order chi connectivity index (χ1) is 7.18. The van der Waals surface area contributed by atoms with Gasteiger partial charge in [0.15, 0.2) is 0 Å². The number of nitrogens with one attached hydrogen (secondary N) is 1. The fourth-order valence-corrected chi connectivity index (χ4v) is 2.78. The molecule has 1 aliphatic rings. The van der Waals surface area contributed by atoms with Crippen LogP contribution in [0.5, 0.6) is 0 Å². The van der Waals surface area contributed by atoms with E-state index in [1.165, 1.54) is 12.8 Å². The van der Waals surface area contributed by atoms with Crippen LogP contribution in [0.3, 0.4) is 0 Å². The predicted molar refractivity (Wildman–Crippen MR) is 64.6 cm³/mol. The molecule has 1 fully saturated rings. The van der Waals surface area contributed by atoms with E-state index in [4.69, 9.17) is 4.74 Å². The van der Waals surface area contributed by atoms with Crippen LogP contribution in [-0.2, 0) is 15.5 Å². The Bertz CT molecular complexity index is 193. The molecular weight excluding hydrogens is 210 g/mol. The van der Waals surface area contributed by atoms with E-state index < -0.39 is 10.8 Å². The van der Waals surface area contributed by atoms with Crippen molar-refractivity contribution in [2.75, 3.05) is 25.2 Å². The standard InChI is InChI=1S/C11H23NO2S/c1-10(9-15(2)13)12-7-3-5-11-6-4-8-14-11/h10-12H,3-9H2,1-2H3. The fourth-order valence-electron chi connectivity index (χ4n) is 1.96. The zero-order valence-electron chi connectivity index (χ0n) is 9.83. The molecule has 15 heavy (non-hydrogen) atoms. The van der Waals surface area contributed by atoms with Crippen LogP contribution in [0.4, 0.5) is 0 Å². The van der Waals surface area contributed by atoms with Crippen molar-refractivity contribution >= 4 is 10.8 Å². The maximum absolute atomic E-state index is 10.9. The van der Waals surface area contributed by atoms with Gasteiger partial charge >= 0.3 is 0 Å². The third kappa shape index (κ3) is 6.28. The molecule has 0 amide bonds. The maximum atomic E-state index is 10.9. The third-order valence-corrected chi connectivity index (χ3v) is 3.67. The average Bonchev–Trinajstić information content (AvgIpc) is 2.63. The zero-order valence-corrected chi connectivity index (χ0v) is 10.6. The summed E-state index contributed by atoms with van der Waals surface area (Å²) in [7, 11) is -0.690. The summed E-state index contributed by atoms with van der Waals surface area (Å²) in [5.74, 6) is 0.750. The molecule has 0 aromatic carbocycles. The lowest BCUT2D eigenvalue weighted by Crippen LogP contribution is -2.32. The van der Waals surface area contributed by atoms with Crippen molar-refractivity contribution < 1.29 is 8.95 Å². The van der Waals surface area contributed by atoms with Crippen molar-refractivity contribution in [3.63, 3.8) is 0 Å². The Kier molecular flexibility index (Phi) is 6.45. The summed E-state index contributed by atoms with van der Waals surface area (Å²) in [6, 6.07) is 0.361. The van der Waals surface area contributed by atoms with Crippen molar-refractivity contribution in [1.82, 2.24) is 5.32 Å². The molecule has 1 rings (SSSR count). The molecular formula is C11H23NO2S. The molecule has 0 aliphatic carbocycles. The van der Waals surface area contributed by atoms with E-state index in [1.807, 2.05) is 0 Å². The van der Waals surface area contributed by atoms with Gasteiger partial charge in [-0.1, -0.05) is 0 Å². The molecule has 90 valence electrons. The van der Waals surface area contributed by atoms with Gasteiger partial charge in [-0.2, -0.15) is 0 Å². The summed E-state index contributed by atoms with van der Waals surface area (Å²) in [6.07, 6.45) is 7.03. The molecule has 0 saturated carbocycles. The maximum Gasteiger partial charge on any atom is 0.0576 e. The first-order valence-corrected chi connectivity index (χ1v) is 7.56. The first kappa shape index (κ1) is 13.1. The molecule has 4 heteroatoms. The van der Waals surface area contributed by atoms with Crippen LogP contribution in [0, 0.1) is 0 Å². The van der Waals surface area contributed by atoms with Gasteiger partial charge in [-0.25, -0.2) is 0 Å². The van der Waals surface area contributed by atoms with Crippen molar-refractivity contribution in [3.05, 3.63) is 0 Å². The van der Waals surface area contributed by atoms with Crippen LogP contribution in [0.15, 0.2) is 0 Å². The average molecular weight is 233 g/mol. The molecule has 0 bridgehead atoms. The molecule has 3 atom stereocenters. The van der Waals surface area contributed by atoms with Crippen LogP contribution >= 0.6 is 0 Å². The summed E-state index contributed by atoms with van der Waals surface area (Å²) in [6.45, 7) is 4.05. The van der Waals surface area contributed by atoms with E-state index in [0.29, 0.717) is 12.1 Å². The molecule has 0 spiro atoms. The van der Waals surface area contributed by atoms with Crippen molar-refractivity contribution in [2.24, 2.45) is 0 Å². The van der Waals surface area contributed by atoms with Crippen molar-refractivity contribution in [3.8, 4) is 0 Å². The Morgan fingerprint density at radius 1 is 1.60 bits per heavy atom. The fraction of sp³-hybridized carbons (Fsp3) is 1.00. The van der Waals surface area contributed by atoms with E-state index >= 15 is 0 Å². The number of hydrogen-bond acceptors (Lipinski definition) is 3. The molecule has 1 N–H and O–H groups in total. The molecule has 1 aliphatic heterocycles. The van der Waals surface area contributed by atoms with Crippen LogP contribution in [0.2, 0.25) is 0 Å². The highest BCUT2D eigenvalue weighted by Gasteiger charge is 2.14. The monoisotopic (exact) mass is 233 g/mol. The number of rotatable bonds is 7. The summed E-state index contributed by atoms with van der Waals surface area (Å²) in [5, 5.41) is 3.39. The van der Waals surface area contributed by atoms with Crippen LogP contribution in [-0.4, -0.2) is 41.5 Å². The van der Waals surface area contributed by atoms with Gasteiger partial charge < -0.3 is 10.1 Å². The normalized spacial score (nSPS) is 25.3. The van der Waals surface area contributed by atoms with Gasteiger partial charge in [-0.05, 0) is 39.2 Å². The lowest BCUT2D eigenvalue weighted by atomic mass is 10.1. The minimum absolute atomic E-state index is 0.361. The van der Waals surface area contributed by atoms with Crippen LogP contribution in [0.25, 0.3) is 0 Å². The van der Waals surface area contributed by atoms with Gasteiger partial charge in [0.25, 0.3) is 0 Å². The molecule has 1 saturated heterocycles. The molecule has 1 heterocycles. The van der Waals surface area contributed by atoms with E-state index in [2.05, 4.69) is 12.2 Å². The van der Waals surface area contributed by atoms with E-state index in [0.717, 1.165) is 31.7 Å². The predicted octanol–water partition coefficient (Wildman–Crippen LogP) is 1.30. The van der Waals surface area contributed by atoms with Gasteiger partial charge in [0.1, 0.15) is 0 Å². The highest BCUT2D eigenvalue weighted by Crippen LogP contribution is 2.16. The van der Waals surface area contributed by atoms with Crippen molar-refractivity contribution in [2.45, 2.75) is 44.8 Å². The molecule has 0 aromatic heterocycles. The largest absolute Gasteiger partial charge is 0.378 e.